The van der Waals surface area contributed by atoms with Crippen LogP contribution in [-0.2, 0) is 17.6 Å². The van der Waals surface area contributed by atoms with Crippen molar-refractivity contribution in [3.8, 4) is 5.75 Å². The molecule has 1 atom stereocenters. The van der Waals surface area contributed by atoms with Crippen LogP contribution in [0.15, 0.2) is 48.7 Å². The van der Waals surface area contributed by atoms with Crippen LogP contribution >= 0.6 is 0 Å². The van der Waals surface area contributed by atoms with Crippen molar-refractivity contribution in [2.45, 2.75) is 51.6 Å². The van der Waals surface area contributed by atoms with Crippen molar-refractivity contribution in [2.75, 3.05) is 7.11 Å². The number of hydrogen-bond acceptors (Lipinski definition) is 2. The fourth-order valence-corrected chi connectivity index (χ4v) is 4.98. The number of hydrogen-bond donors (Lipinski definition) is 2. The van der Waals surface area contributed by atoms with Crippen LogP contribution in [-0.4, -0.2) is 22.6 Å². The molecule has 5 heteroatoms. The Labute approximate surface area is 182 Å². The summed E-state index contributed by atoms with van der Waals surface area (Å²) in [5.74, 6) is 0.933. The van der Waals surface area contributed by atoms with E-state index in [0.29, 0.717) is 12.5 Å². The van der Waals surface area contributed by atoms with Gasteiger partial charge < -0.3 is 19.6 Å². The highest BCUT2D eigenvalue weighted by Crippen LogP contribution is 2.36. The molecule has 1 aliphatic carbocycles. The van der Waals surface area contributed by atoms with Gasteiger partial charge in [-0.15, -0.1) is 0 Å². The van der Waals surface area contributed by atoms with Crippen molar-refractivity contribution in [2.24, 2.45) is 0 Å². The van der Waals surface area contributed by atoms with Crippen LogP contribution < -0.4 is 10.1 Å². The molecule has 0 bridgehead atoms. The van der Waals surface area contributed by atoms with Gasteiger partial charge in [-0.2, -0.15) is 0 Å². The van der Waals surface area contributed by atoms with E-state index in [4.69, 9.17) is 4.74 Å². The summed E-state index contributed by atoms with van der Waals surface area (Å²) in [7, 11) is 1.69. The molecule has 4 aromatic rings. The lowest BCUT2D eigenvalue weighted by Crippen LogP contribution is -2.32. The maximum atomic E-state index is 13.1. The average Bonchev–Trinajstić information content (AvgIpc) is 3.33. The van der Waals surface area contributed by atoms with Crippen molar-refractivity contribution in [3.63, 3.8) is 0 Å². The van der Waals surface area contributed by atoms with Gasteiger partial charge >= 0.3 is 0 Å². The number of carbonyl (C=O) groups excluding carboxylic acids is 1. The number of para-hydroxylation sites is 1. The molecule has 0 aliphatic heterocycles. The summed E-state index contributed by atoms with van der Waals surface area (Å²) >= 11 is 0. The van der Waals surface area contributed by atoms with Gasteiger partial charge in [0.2, 0.25) is 5.91 Å². The van der Waals surface area contributed by atoms with Crippen molar-refractivity contribution >= 4 is 27.7 Å². The zero-order chi connectivity index (χ0) is 21.5. The number of nitrogens with zero attached hydrogens (tertiary/aromatic N) is 1. The first kappa shape index (κ1) is 19.7. The molecule has 0 radical (unpaired) electrons. The molecule has 2 aromatic carbocycles. The molecule has 160 valence electrons. The van der Waals surface area contributed by atoms with Crippen molar-refractivity contribution in [3.05, 3.63) is 65.5 Å². The highest BCUT2D eigenvalue weighted by molar-refractivity contribution is 5.90. The summed E-state index contributed by atoms with van der Waals surface area (Å²) < 4.78 is 7.66. The maximum Gasteiger partial charge on any atom is 0.225 e. The van der Waals surface area contributed by atoms with Gasteiger partial charge in [0.25, 0.3) is 0 Å². The highest BCUT2D eigenvalue weighted by Gasteiger charge is 2.26. The Hall–Kier alpha value is -3.21. The number of aromatic nitrogens is 2. The highest BCUT2D eigenvalue weighted by atomic mass is 16.5. The molecule has 0 spiro atoms. The first-order valence-electron chi connectivity index (χ1n) is 11.1. The van der Waals surface area contributed by atoms with Crippen LogP contribution in [0.1, 0.15) is 55.6 Å². The second kappa shape index (κ2) is 7.80. The predicted octanol–water partition coefficient (Wildman–Crippen LogP) is 5.45. The maximum absolute atomic E-state index is 13.1. The normalized spacial score (nSPS) is 16.1. The van der Waals surface area contributed by atoms with E-state index in [9.17, 15) is 4.79 Å². The standard InChI is InChI=1S/C26H29N3O2/c1-16(2)29-15-17(19-7-4-5-10-24(19)29)13-25(30)27-23-9-6-8-20-21-14-18(31-3)11-12-22(21)28-26(20)23/h4-5,7,10-12,14-16,23,28H,6,8-9,13H2,1-3H3,(H,27,30)/t23-/m1/s1. The third-order valence-electron chi connectivity index (χ3n) is 6.48. The fraction of sp³-hybridized carbons (Fsp3) is 0.346. The van der Waals surface area contributed by atoms with Gasteiger partial charge in [-0.05, 0) is 68.5 Å². The monoisotopic (exact) mass is 415 g/mol. The van der Waals surface area contributed by atoms with Crippen LogP contribution in [0.5, 0.6) is 5.75 Å². The van der Waals surface area contributed by atoms with E-state index in [1.165, 1.54) is 16.5 Å². The summed E-state index contributed by atoms with van der Waals surface area (Å²) in [5.41, 5.74) is 5.82. The van der Waals surface area contributed by atoms with Crippen LogP contribution in [0.2, 0.25) is 0 Å². The molecule has 1 amide bonds. The van der Waals surface area contributed by atoms with E-state index in [1.54, 1.807) is 7.11 Å². The molecular formula is C26H29N3O2. The summed E-state index contributed by atoms with van der Waals surface area (Å²) in [4.78, 5) is 16.6. The van der Waals surface area contributed by atoms with E-state index in [0.717, 1.165) is 47.2 Å². The summed E-state index contributed by atoms with van der Waals surface area (Å²) in [5, 5.41) is 5.67. The van der Waals surface area contributed by atoms with Crippen LogP contribution in [0.4, 0.5) is 0 Å². The van der Waals surface area contributed by atoms with Crippen molar-refractivity contribution < 1.29 is 9.53 Å². The quantitative estimate of drug-likeness (QED) is 0.455. The second-order valence-electron chi connectivity index (χ2n) is 8.79. The minimum Gasteiger partial charge on any atom is -0.497 e. The van der Waals surface area contributed by atoms with E-state index < -0.39 is 0 Å². The Kier molecular flexibility index (Phi) is 4.97. The van der Waals surface area contributed by atoms with Gasteiger partial charge in [-0.1, -0.05) is 18.2 Å². The fourth-order valence-electron chi connectivity index (χ4n) is 4.98. The van der Waals surface area contributed by atoms with Crippen LogP contribution in [0, 0.1) is 0 Å². The molecule has 1 aliphatic rings. The lowest BCUT2D eigenvalue weighted by Gasteiger charge is -2.24. The molecule has 0 saturated carbocycles. The van der Waals surface area contributed by atoms with Gasteiger partial charge in [0, 0.05) is 39.7 Å². The van der Waals surface area contributed by atoms with Gasteiger partial charge in [0.1, 0.15) is 5.75 Å². The smallest absolute Gasteiger partial charge is 0.225 e. The zero-order valence-electron chi connectivity index (χ0n) is 18.4. The van der Waals surface area contributed by atoms with E-state index in [1.807, 2.05) is 12.1 Å². The average molecular weight is 416 g/mol. The van der Waals surface area contributed by atoms with Gasteiger partial charge in [-0.25, -0.2) is 0 Å². The molecular weight excluding hydrogens is 386 g/mol. The molecule has 2 N–H and O–H groups in total. The van der Waals surface area contributed by atoms with E-state index >= 15 is 0 Å². The number of fused-ring (bicyclic) bond motifs is 4. The number of methoxy groups -OCH3 is 1. The Morgan fingerprint density at radius 2 is 2.06 bits per heavy atom. The van der Waals surface area contributed by atoms with Crippen LogP contribution in [0.3, 0.4) is 0 Å². The SMILES string of the molecule is COc1ccc2[nH]c3c(c2c1)CCC[C@H]3NC(=O)Cc1cn(C(C)C)c2ccccc12. The number of H-pyrrole nitrogens is 1. The Morgan fingerprint density at radius 3 is 2.87 bits per heavy atom. The molecule has 5 nitrogen and oxygen atoms in total. The van der Waals surface area contributed by atoms with Gasteiger partial charge in [0.05, 0.1) is 19.6 Å². The largest absolute Gasteiger partial charge is 0.497 e. The Bertz CT molecular complexity index is 1260. The number of benzene rings is 2. The molecule has 0 saturated heterocycles. The third-order valence-corrected chi connectivity index (χ3v) is 6.48. The van der Waals surface area contributed by atoms with E-state index in [2.05, 4.69) is 65.2 Å². The lowest BCUT2D eigenvalue weighted by atomic mass is 9.91. The number of aromatic amines is 1. The number of rotatable bonds is 5. The molecule has 2 heterocycles. The predicted molar refractivity (Wildman–Crippen MR) is 125 cm³/mol. The molecule has 5 rings (SSSR count). The number of amides is 1. The van der Waals surface area contributed by atoms with Gasteiger partial charge in [0.15, 0.2) is 0 Å². The Morgan fingerprint density at radius 1 is 1.23 bits per heavy atom. The molecule has 0 unspecified atom stereocenters. The van der Waals surface area contributed by atoms with Crippen LogP contribution in [0.25, 0.3) is 21.8 Å². The van der Waals surface area contributed by atoms with Crippen molar-refractivity contribution in [1.29, 1.82) is 0 Å². The molecule has 0 fully saturated rings. The van der Waals surface area contributed by atoms with Crippen molar-refractivity contribution in [1.82, 2.24) is 14.9 Å². The number of ether oxygens (including phenoxy) is 1. The number of nitrogens with one attached hydrogen (secondary N) is 2. The second-order valence-corrected chi connectivity index (χ2v) is 8.79. The minimum atomic E-state index is 0.0214. The minimum absolute atomic E-state index is 0.0214. The topological polar surface area (TPSA) is 59.0 Å². The lowest BCUT2D eigenvalue weighted by molar-refractivity contribution is -0.121. The Balaban J connectivity index is 1.41. The first-order chi connectivity index (χ1) is 15.0. The zero-order valence-corrected chi connectivity index (χ0v) is 18.4. The number of aryl methyl sites for hydroxylation is 1. The first-order valence-corrected chi connectivity index (χ1v) is 11.1. The molecule has 31 heavy (non-hydrogen) atoms. The van der Waals surface area contributed by atoms with Gasteiger partial charge in [-0.3, -0.25) is 4.79 Å². The third kappa shape index (κ3) is 3.48. The summed E-state index contributed by atoms with van der Waals surface area (Å²) in [6.45, 7) is 4.34. The number of carbonyl (C=O) groups is 1. The molecule has 2 aromatic heterocycles. The van der Waals surface area contributed by atoms with E-state index in [-0.39, 0.29) is 11.9 Å². The summed E-state index contributed by atoms with van der Waals surface area (Å²) in [6, 6.07) is 14.8. The summed E-state index contributed by atoms with van der Waals surface area (Å²) in [6.07, 6.45) is 5.57.